The number of hydrogen-bond donors (Lipinski definition) is 1. The lowest BCUT2D eigenvalue weighted by molar-refractivity contribution is -0.148. The summed E-state index contributed by atoms with van der Waals surface area (Å²) in [6.07, 6.45) is -2.51. The molecule has 0 aliphatic carbocycles. The molecule has 0 saturated carbocycles. The number of nitrogens with one attached hydrogen (secondary N) is 1. The first-order valence-electron chi connectivity index (χ1n) is 8.10. The second-order valence-electron chi connectivity index (χ2n) is 6.32. The van der Waals surface area contributed by atoms with Crippen LogP contribution in [0.2, 0.25) is 0 Å². The van der Waals surface area contributed by atoms with Gasteiger partial charge in [0.2, 0.25) is 0 Å². The van der Waals surface area contributed by atoms with Crippen LogP contribution >= 0.6 is 0 Å². The predicted molar refractivity (Wildman–Crippen MR) is 84.6 cm³/mol. The van der Waals surface area contributed by atoms with E-state index in [1.165, 1.54) is 4.90 Å². The lowest BCUT2D eigenvalue weighted by Gasteiger charge is -2.33. The Morgan fingerprint density at radius 2 is 1.87 bits per heavy atom. The van der Waals surface area contributed by atoms with Crippen LogP contribution in [0.3, 0.4) is 0 Å². The van der Waals surface area contributed by atoms with E-state index in [1.807, 2.05) is 38.1 Å². The number of alkyl halides is 3. The zero-order valence-corrected chi connectivity index (χ0v) is 13.7. The highest BCUT2D eigenvalue weighted by Gasteiger charge is 2.32. The molecule has 2 rings (SSSR count). The lowest BCUT2D eigenvalue weighted by Crippen LogP contribution is -2.45. The molecule has 1 aliphatic rings. The number of halogens is 3. The van der Waals surface area contributed by atoms with Crippen LogP contribution in [0.25, 0.3) is 0 Å². The first-order valence-corrected chi connectivity index (χ1v) is 8.10. The van der Waals surface area contributed by atoms with Crippen LogP contribution in [-0.4, -0.2) is 42.9 Å². The number of rotatable bonds is 6. The van der Waals surface area contributed by atoms with Crippen molar-refractivity contribution in [2.24, 2.45) is 0 Å². The fourth-order valence-corrected chi connectivity index (χ4v) is 2.82. The summed E-state index contributed by atoms with van der Waals surface area (Å²) in [5.41, 5.74) is 1.08. The second kappa shape index (κ2) is 8.02. The molecule has 1 aliphatic heterocycles. The van der Waals surface area contributed by atoms with E-state index in [0.717, 1.165) is 24.2 Å². The number of para-hydroxylation sites is 1. The number of piperidine rings is 1. The van der Waals surface area contributed by atoms with Crippen LogP contribution in [0, 0.1) is 0 Å². The monoisotopic (exact) mass is 330 g/mol. The van der Waals surface area contributed by atoms with Gasteiger partial charge in [0.05, 0.1) is 12.6 Å². The van der Waals surface area contributed by atoms with E-state index >= 15 is 0 Å². The largest absolute Gasteiger partial charge is 0.491 e. The quantitative estimate of drug-likeness (QED) is 0.863. The maximum absolute atomic E-state index is 12.4. The minimum absolute atomic E-state index is 0.113. The Morgan fingerprint density at radius 1 is 1.22 bits per heavy atom. The van der Waals surface area contributed by atoms with Gasteiger partial charge >= 0.3 is 6.18 Å². The molecule has 0 bridgehead atoms. The molecule has 1 heterocycles. The number of ether oxygens (including phenoxy) is 1. The molecule has 23 heavy (non-hydrogen) atoms. The summed E-state index contributed by atoms with van der Waals surface area (Å²) < 4.78 is 42.9. The minimum Gasteiger partial charge on any atom is -0.491 e. The van der Waals surface area contributed by atoms with Gasteiger partial charge < -0.3 is 10.1 Å². The van der Waals surface area contributed by atoms with Gasteiger partial charge in [-0.3, -0.25) is 4.90 Å². The molecule has 1 saturated heterocycles. The van der Waals surface area contributed by atoms with E-state index < -0.39 is 12.7 Å². The Bertz CT molecular complexity index is 483. The molecule has 6 heteroatoms. The first kappa shape index (κ1) is 18.1. The van der Waals surface area contributed by atoms with Gasteiger partial charge in [-0.1, -0.05) is 18.2 Å². The number of likely N-dealkylation sites (tertiary alicyclic amines) is 1. The van der Waals surface area contributed by atoms with Gasteiger partial charge in [0.1, 0.15) is 5.75 Å². The van der Waals surface area contributed by atoms with E-state index in [2.05, 4.69) is 5.32 Å². The van der Waals surface area contributed by atoms with Crippen LogP contribution in [0.5, 0.6) is 5.75 Å². The van der Waals surface area contributed by atoms with Crippen molar-refractivity contribution in [2.45, 2.75) is 51.6 Å². The molecule has 0 spiro atoms. The van der Waals surface area contributed by atoms with Gasteiger partial charge in [-0.25, -0.2) is 0 Å². The molecule has 0 aromatic heterocycles. The molecule has 0 unspecified atom stereocenters. The van der Waals surface area contributed by atoms with Crippen molar-refractivity contribution in [2.75, 3.05) is 19.6 Å². The fourth-order valence-electron chi connectivity index (χ4n) is 2.82. The summed E-state index contributed by atoms with van der Waals surface area (Å²) >= 11 is 0. The molecule has 3 nitrogen and oxygen atoms in total. The second-order valence-corrected chi connectivity index (χ2v) is 6.32. The standard InChI is InChI=1S/C17H25F3N2O/c1-13(2)23-16-6-4-3-5-14(16)11-21-15-7-9-22(10-8-15)12-17(18,19)20/h3-6,13,15,21H,7-12H2,1-2H3. The molecule has 0 amide bonds. The zero-order valence-electron chi connectivity index (χ0n) is 13.7. The Hall–Kier alpha value is -1.27. The smallest absolute Gasteiger partial charge is 0.401 e. The Labute approximate surface area is 135 Å². The van der Waals surface area contributed by atoms with Crippen molar-refractivity contribution < 1.29 is 17.9 Å². The molecule has 0 atom stereocenters. The average molecular weight is 330 g/mol. The molecule has 1 aromatic carbocycles. The summed E-state index contributed by atoms with van der Waals surface area (Å²) in [6.45, 7) is 4.82. The third-order valence-corrected chi connectivity index (χ3v) is 3.91. The number of benzene rings is 1. The molecular formula is C17H25F3N2O. The van der Waals surface area contributed by atoms with Crippen LogP contribution in [0.15, 0.2) is 24.3 Å². The topological polar surface area (TPSA) is 24.5 Å². The third kappa shape index (κ3) is 6.39. The van der Waals surface area contributed by atoms with Crippen LogP contribution in [-0.2, 0) is 6.54 Å². The van der Waals surface area contributed by atoms with Crippen molar-refractivity contribution in [3.05, 3.63) is 29.8 Å². The van der Waals surface area contributed by atoms with Crippen molar-refractivity contribution in [3.63, 3.8) is 0 Å². The first-order chi connectivity index (χ1) is 10.8. The van der Waals surface area contributed by atoms with Crippen molar-refractivity contribution >= 4 is 0 Å². The summed E-state index contributed by atoms with van der Waals surface area (Å²) in [4.78, 5) is 1.48. The highest BCUT2D eigenvalue weighted by atomic mass is 19.4. The van der Waals surface area contributed by atoms with E-state index in [1.54, 1.807) is 0 Å². The van der Waals surface area contributed by atoms with Gasteiger partial charge in [0.25, 0.3) is 0 Å². The van der Waals surface area contributed by atoms with Crippen molar-refractivity contribution in [1.82, 2.24) is 10.2 Å². The molecule has 0 radical (unpaired) electrons. The van der Waals surface area contributed by atoms with Gasteiger partial charge in [-0.05, 0) is 45.8 Å². The fraction of sp³-hybridized carbons (Fsp3) is 0.647. The molecule has 1 fully saturated rings. The summed E-state index contributed by atoms with van der Waals surface area (Å²) in [6, 6.07) is 8.13. The SMILES string of the molecule is CC(C)Oc1ccccc1CNC1CCN(CC(F)(F)F)CC1. The minimum atomic E-state index is -4.10. The van der Waals surface area contributed by atoms with E-state index in [4.69, 9.17) is 4.74 Å². The van der Waals surface area contributed by atoms with E-state index in [-0.39, 0.29) is 12.1 Å². The number of hydrogen-bond acceptors (Lipinski definition) is 3. The van der Waals surface area contributed by atoms with Crippen LogP contribution < -0.4 is 10.1 Å². The normalized spacial score (nSPS) is 17.7. The van der Waals surface area contributed by atoms with Gasteiger partial charge in [0.15, 0.2) is 0 Å². The highest BCUT2D eigenvalue weighted by Crippen LogP contribution is 2.22. The maximum atomic E-state index is 12.4. The summed E-state index contributed by atoms with van der Waals surface area (Å²) in [5, 5.41) is 3.45. The zero-order chi connectivity index (χ0) is 16.9. The Morgan fingerprint density at radius 3 is 2.48 bits per heavy atom. The summed E-state index contributed by atoms with van der Waals surface area (Å²) in [7, 11) is 0. The molecule has 1 N–H and O–H groups in total. The average Bonchev–Trinajstić information content (AvgIpc) is 2.46. The molecular weight excluding hydrogens is 305 g/mol. The van der Waals surface area contributed by atoms with E-state index in [0.29, 0.717) is 19.6 Å². The maximum Gasteiger partial charge on any atom is 0.401 e. The summed E-state index contributed by atoms with van der Waals surface area (Å²) in [5.74, 6) is 0.865. The molecule has 130 valence electrons. The van der Waals surface area contributed by atoms with Crippen LogP contribution in [0.4, 0.5) is 13.2 Å². The van der Waals surface area contributed by atoms with Crippen LogP contribution in [0.1, 0.15) is 32.3 Å². The van der Waals surface area contributed by atoms with Gasteiger partial charge in [0, 0.05) is 18.2 Å². The number of nitrogens with zero attached hydrogens (tertiary/aromatic N) is 1. The van der Waals surface area contributed by atoms with Gasteiger partial charge in [-0.2, -0.15) is 13.2 Å². The highest BCUT2D eigenvalue weighted by molar-refractivity contribution is 5.33. The third-order valence-electron chi connectivity index (χ3n) is 3.91. The van der Waals surface area contributed by atoms with Crippen molar-refractivity contribution in [1.29, 1.82) is 0 Å². The Kier molecular flexibility index (Phi) is 6.30. The molecule has 1 aromatic rings. The Balaban J connectivity index is 1.80. The predicted octanol–water partition coefficient (Wildman–Crippen LogP) is 3.59. The lowest BCUT2D eigenvalue weighted by atomic mass is 10.0. The van der Waals surface area contributed by atoms with Crippen molar-refractivity contribution in [3.8, 4) is 5.75 Å². The van der Waals surface area contributed by atoms with Gasteiger partial charge in [-0.15, -0.1) is 0 Å². The van der Waals surface area contributed by atoms with E-state index in [9.17, 15) is 13.2 Å².